The molecule has 0 fully saturated rings. The fourth-order valence-electron chi connectivity index (χ4n) is 1.82. The fourth-order valence-corrected chi connectivity index (χ4v) is 2.47. The van der Waals surface area contributed by atoms with Gasteiger partial charge in [0, 0.05) is 0 Å². The number of carbonyl (C=O) groups is 1. The van der Waals surface area contributed by atoms with Crippen LogP contribution in [0, 0.1) is 11.6 Å². The molecule has 0 aliphatic heterocycles. The molecule has 0 aliphatic rings. The largest absolute Gasteiger partial charge is 0.438 e. The second-order valence-corrected chi connectivity index (χ2v) is 6.51. The molecule has 0 aliphatic carbocycles. The predicted molar refractivity (Wildman–Crippen MR) is 77.2 cm³/mol. The predicted octanol–water partition coefficient (Wildman–Crippen LogP) is 1.96. The highest BCUT2D eigenvalue weighted by atomic mass is 32.2. The van der Waals surface area contributed by atoms with Crippen LogP contribution in [0.4, 0.5) is 8.78 Å². The number of amides is 1. The van der Waals surface area contributed by atoms with Crippen molar-refractivity contribution in [2.75, 3.05) is 7.05 Å². The number of halogens is 2. The van der Waals surface area contributed by atoms with E-state index >= 15 is 0 Å². The van der Waals surface area contributed by atoms with Gasteiger partial charge in [-0.15, -0.1) is 0 Å². The SMILES string of the molecule is CNS(=O)(=O)c1ccc(C(=O)N[C@@H](C)c2ccc(F)c(F)c2)o1. The number of benzene rings is 1. The highest BCUT2D eigenvalue weighted by molar-refractivity contribution is 7.89. The summed E-state index contributed by atoms with van der Waals surface area (Å²) in [5.74, 6) is -2.91. The second-order valence-electron chi connectivity index (χ2n) is 4.69. The lowest BCUT2D eigenvalue weighted by Crippen LogP contribution is -2.26. The minimum absolute atomic E-state index is 0.215. The van der Waals surface area contributed by atoms with Gasteiger partial charge in [-0.2, -0.15) is 0 Å². The molecule has 0 radical (unpaired) electrons. The Labute approximate surface area is 131 Å². The summed E-state index contributed by atoms with van der Waals surface area (Å²) in [4.78, 5) is 12.0. The molecule has 0 spiro atoms. The zero-order valence-corrected chi connectivity index (χ0v) is 13.1. The Balaban J connectivity index is 2.14. The van der Waals surface area contributed by atoms with Gasteiger partial charge in [-0.25, -0.2) is 21.9 Å². The van der Waals surface area contributed by atoms with Crippen molar-refractivity contribution in [3.8, 4) is 0 Å². The van der Waals surface area contributed by atoms with Gasteiger partial charge in [-0.3, -0.25) is 4.79 Å². The molecule has 0 bridgehead atoms. The van der Waals surface area contributed by atoms with Gasteiger partial charge >= 0.3 is 0 Å². The summed E-state index contributed by atoms with van der Waals surface area (Å²) in [6.07, 6.45) is 0. The number of nitrogens with one attached hydrogen (secondary N) is 2. The smallest absolute Gasteiger partial charge is 0.287 e. The molecule has 1 heterocycles. The third-order valence-electron chi connectivity index (χ3n) is 3.13. The van der Waals surface area contributed by atoms with Crippen LogP contribution in [0.3, 0.4) is 0 Å². The topological polar surface area (TPSA) is 88.4 Å². The van der Waals surface area contributed by atoms with E-state index in [1.807, 2.05) is 0 Å². The van der Waals surface area contributed by atoms with Crippen LogP contribution in [0.2, 0.25) is 0 Å². The van der Waals surface area contributed by atoms with Gasteiger partial charge < -0.3 is 9.73 Å². The van der Waals surface area contributed by atoms with Gasteiger partial charge in [0.15, 0.2) is 17.4 Å². The Hall–Kier alpha value is -2.26. The zero-order valence-electron chi connectivity index (χ0n) is 12.3. The molecular formula is C14H14F2N2O4S. The Morgan fingerprint density at radius 3 is 2.48 bits per heavy atom. The van der Waals surface area contributed by atoms with Gasteiger partial charge in [0.1, 0.15) is 0 Å². The lowest BCUT2D eigenvalue weighted by atomic mass is 10.1. The number of furan rings is 1. The van der Waals surface area contributed by atoms with E-state index in [9.17, 15) is 22.0 Å². The first-order chi connectivity index (χ1) is 10.7. The summed E-state index contributed by atoms with van der Waals surface area (Å²) in [6, 6.07) is 4.98. The molecule has 2 rings (SSSR count). The number of hydrogen-bond acceptors (Lipinski definition) is 4. The quantitative estimate of drug-likeness (QED) is 0.868. The van der Waals surface area contributed by atoms with E-state index in [0.717, 1.165) is 18.2 Å². The maximum absolute atomic E-state index is 13.2. The van der Waals surface area contributed by atoms with E-state index in [1.165, 1.54) is 19.2 Å². The lowest BCUT2D eigenvalue weighted by Gasteiger charge is -2.13. The van der Waals surface area contributed by atoms with Crippen LogP contribution in [0.5, 0.6) is 0 Å². The molecule has 9 heteroatoms. The number of hydrogen-bond donors (Lipinski definition) is 2. The van der Waals surface area contributed by atoms with E-state index in [2.05, 4.69) is 10.0 Å². The Morgan fingerprint density at radius 2 is 1.87 bits per heavy atom. The molecule has 1 aromatic carbocycles. The number of sulfonamides is 1. The normalized spacial score (nSPS) is 12.9. The molecular weight excluding hydrogens is 330 g/mol. The average molecular weight is 344 g/mol. The van der Waals surface area contributed by atoms with Crippen molar-refractivity contribution in [1.29, 1.82) is 0 Å². The van der Waals surface area contributed by atoms with E-state index in [1.54, 1.807) is 6.92 Å². The van der Waals surface area contributed by atoms with Crippen molar-refractivity contribution in [3.63, 3.8) is 0 Å². The standard InChI is InChI=1S/C14H14F2N2O4S/c1-8(9-3-4-10(15)11(16)7-9)18-14(19)12-5-6-13(22-12)23(20,21)17-2/h3-8,17H,1-2H3,(H,18,19)/t8-/m0/s1. The Bertz CT molecular complexity index is 833. The molecule has 23 heavy (non-hydrogen) atoms. The summed E-state index contributed by atoms with van der Waals surface area (Å²) in [7, 11) is -2.58. The lowest BCUT2D eigenvalue weighted by molar-refractivity contribution is 0.0906. The minimum Gasteiger partial charge on any atom is -0.438 e. The summed E-state index contributed by atoms with van der Waals surface area (Å²) in [5, 5.41) is 2.11. The van der Waals surface area contributed by atoms with Crippen LogP contribution in [0.25, 0.3) is 0 Å². The molecule has 0 saturated carbocycles. The van der Waals surface area contributed by atoms with Gasteiger partial charge in [-0.1, -0.05) is 6.07 Å². The highest BCUT2D eigenvalue weighted by Gasteiger charge is 2.21. The third-order valence-corrected chi connectivity index (χ3v) is 4.42. The maximum Gasteiger partial charge on any atom is 0.287 e. The molecule has 6 nitrogen and oxygen atoms in total. The van der Waals surface area contributed by atoms with Gasteiger partial charge in [0.2, 0.25) is 5.09 Å². The Morgan fingerprint density at radius 1 is 1.17 bits per heavy atom. The maximum atomic E-state index is 13.2. The van der Waals surface area contributed by atoms with Gasteiger partial charge in [0.05, 0.1) is 6.04 Å². The van der Waals surface area contributed by atoms with Crippen molar-refractivity contribution < 1.29 is 26.4 Å². The van der Waals surface area contributed by atoms with Crippen molar-refractivity contribution >= 4 is 15.9 Å². The van der Waals surface area contributed by atoms with Crippen LogP contribution in [0.1, 0.15) is 29.1 Å². The number of carbonyl (C=O) groups excluding carboxylic acids is 1. The molecule has 2 N–H and O–H groups in total. The van der Waals surface area contributed by atoms with E-state index in [4.69, 9.17) is 4.42 Å². The molecule has 124 valence electrons. The fraction of sp³-hybridized carbons (Fsp3) is 0.214. The average Bonchev–Trinajstić information content (AvgIpc) is 3.00. The van der Waals surface area contributed by atoms with Crippen LogP contribution in [-0.2, 0) is 10.0 Å². The first-order valence-electron chi connectivity index (χ1n) is 6.54. The summed E-state index contributed by atoms with van der Waals surface area (Å²) < 4.78 is 56.2. The summed E-state index contributed by atoms with van der Waals surface area (Å²) in [5.41, 5.74) is 0.354. The highest BCUT2D eigenvalue weighted by Crippen LogP contribution is 2.18. The Kier molecular flexibility index (Phi) is 4.81. The first kappa shape index (κ1) is 17.1. The third kappa shape index (κ3) is 3.74. The molecule has 1 aromatic heterocycles. The molecule has 1 atom stereocenters. The van der Waals surface area contributed by atoms with Crippen molar-refractivity contribution in [1.82, 2.24) is 10.0 Å². The van der Waals surface area contributed by atoms with Crippen molar-refractivity contribution in [3.05, 3.63) is 53.3 Å². The van der Waals surface area contributed by atoms with Crippen molar-refractivity contribution in [2.45, 2.75) is 18.1 Å². The van der Waals surface area contributed by atoms with Gasteiger partial charge in [0.25, 0.3) is 15.9 Å². The van der Waals surface area contributed by atoms with Crippen LogP contribution >= 0.6 is 0 Å². The van der Waals surface area contributed by atoms with Gasteiger partial charge in [-0.05, 0) is 43.8 Å². The molecule has 0 saturated heterocycles. The summed E-state index contributed by atoms with van der Waals surface area (Å²) in [6.45, 7) is 1.57. The number of rotatable bonds is 5. The summed E-state index contributed by atoms with van der Waals surface area (Å²) >= 11 is 0. The van der Waals surface area contributed by atoms with E-state index in [0.29, 0.717) is 5.56 Å². The minimum atomic E-state index is -3.79. The second kappa shape index (κ2) is 6.47. The molecule has 0 unspecified atom stereocenters. The van der Waals surface area contributed by atoms with Crippen molar-refractivity contribution in [2.24, 2.45) is 0 Å². The van der Waals surface area contributed by atoms with E-state index in [-0.39, 0.29) is 5.76 Å². The van der Waals surface area contributed by atoms with Crippen LogP contribution in [-0.4, -0.2) is 21.4 Å². The first-order valence-corrected chi connectivity index (χ1v) is 8.02. The monoisotopic (exact) mass is 344 g/mol. The zero-order chi connectivity index (χ0) is 17.2. The molecule has 2 aromatic rings. The van der Waals surface area contributed by atoms with Crippen LogP contribution < -0.4 is 10.0 Å². The van der Waals surface area contributed by atoms with E-state index < -0.39 is 38.7 Å². The van der Waals surface area contributed by atoms with Crippen LogP contribution in [0.15, 0.2) is 39.8 Å². The molecule has 1 amide bonds.